The lowest BCUT2D eigenvalue weighted by atomic mass is 9.89. The number of aromatic amines is 2. The van der Waals surface area contributed by atoms with Gasteiger partial charge in [0, 0.05) is 49.0 Å². The fraction of sp³-hybridized carbons (Fsp3) is 0.396. The normalized spacial score (nSPS) is 20.3. The second-order valence-electron chi connectivity index (χ2n) is 18.8. The number of ether oxygens (including phenoxy) is 2. The fourth-order valence-corrected chi connectivity index (χ4v) is 10.8. The van der Waals surface area contributed by atoms with Crippen LogP contribution in [0.25, 0.3) is 44.4 Å². The first-order valence-electron chi connectivity index (χ1n) is 24.0. The van der Waals surface area contributed by atoms with Crippen molar-refractivity contribution in [2.75, 3.05) is 33.4 Å². The van der Waals surface area contributed by atoms with E-state index in [1.807, 2.05) is 41.4 Å². The highest BCUT2D eigenvalue weighted by Crippen LogP contribution is 2.40. The number of rotatable bonds is 11. The summed E-state index contributed by atoms with van der Waals surface area (Å²) >= 11 is 0. The zero-order valence-electron chi connectivity index (χ0n) is 37.8. The molecular formula is C53H56N8O6. The van der Waals surface area contributed by atoms with E-state index >= 15 is 0 Å². The number of amides is 4. The van der Waals surface area contributed by atoms with Crippen molar-refractivity contribution in [3.05, 3.63) is 120 Å². The van der Waals surface area contributed by atoms with Gasteiger partial charge in [-0.05, 0) is 115 Å². The fourth-order valence-electron chi connectivity index (χ4n) is 10.8. The Morgan fingerprint density at radius 1 is 0.731 bits per heavy atom. The third kappa shape index (κ3) is 8.47. The van der Waals surface area contributed by atoms with Gasteiger partial charge in [-0.1, -0.05) is 72.8 Å². The van der Waals surface area contributed by atoms with Crippen LogP contribution in [0.3, 0.4) is 0 Å². The molecule has 1 saturated carbocycles. The maximum absolute atomic E-state index is 14.3. The van der Waals surface area contributed by atoms with Crippen LogP contribution < -0.4 is 10.6 Å². The third-order valence-corrected chi connectivity index (χ3v) is 14.7. The van der Waals surface area contributed by atoms with Crippen LogP contribution >= 0.6 is 0 Å². The molecule has 3 saturated heterocycles. The van der Waals surface area contributed by atoms with Crippen molar-refractivity contribution in [1.82, 2.24) is 40.4 Å². The van der Waals surface area contributed by atoms with E-state index < -0.39 is 18.2 Å². The Bertz CT molecular complexity index is 2850. The van der Waals surface area contributed by atoms with E-state index in [4.69, 9.17) is 19.4 Å². The van der Waals surface area contributed by atoms with Crippen LogP contribution in [0.5, 0.6) is 0 Å². The first kappa shape index (κ1) is 42.8. The molecule has 4 aromatic carbocycles. The van der Waals surface area contributed by atoms with E-state index in [1.165, 1.54) is 12.7 Å². The van der Waals surface area contributed by atoms with Gasteiger partial charge in [0.2, 0.25) is 11.8 Å². The van der Waals surface area contributed by atoms with Crippen molar-refractivity contribution in [2.45, 2.75) is 88.4 Å². The van der Waals surface area contributed by atoms with Gasteiger partial charge in [-0.25, -0.2) is 14.8 Å². The van der Waals surface area contributed by atoms with Gasteiger partial charge in [0.15, 0.2) is 0 Å². The van der Waals surface area contributed by atoms with E-state index in [9.17, 15) is 19.2 Å². The quantitative estimate of drug-likeness (QED) is 0.101. The Hall–Kier alpha value is -6.80. The molecule has 6 aromatic rings. The molecule has 2 aromatic heterocycles. The van der Waals surface area contributed by atoms with Crippen LogP contribution in [0.2, 0.25) is 0 Å². The molecule has 344 valence electrons. The maximum atomic E-state index is 14.3. The Morgan fingerprint density at radius 3 is 2.16 bits per heavy atom. The lowest BCUT2D eigenvalue weighted by molar-refractivity contribution is -0.140. The predicted molar refractivity (Wildman–Crippen MR) is 252 cm³/mol. The first-order valence-corrected chi connectivity index (χ1v) is 24.0. The first-order chi connectivity index (χ1) is 32.8. The monoisotopic (exact) mass is 900 g/mol. The van der Waals surface area contributed by atoms with Crippen molar-refractivity contribution < 1.29 is 28.7 Å². The van der Waals surface area contributed by atoms with E-state index in [1.54, 1.807) is 4.90 Å². The zero-order chi connectivity index (χ0) is 45.6. The molecule has 67 heavy (non-hydrogen) atoms. The maximum Gasteiger partial charge on any atom is 0.407 e. The number of carbonyl (C=O) groups excluding carboxylic acids is 4. The third-order valence-electron chi connectivity index (χ3n) is 14.7. The molecule has 0 spiro atoms. The number of methoxy groups -OCH3 is 1. The minimum absolute atomic E-state index is 0.0107. The highest BCUT2D eigenvalue weighted by Gasteiger charge is 2.42. The Morgan fingerprint density at radius 2 is 1.42 bits per heavy atom. The minimum Gasteiger partial charge on any atom is -0.453 e. The molecule has 4 N–H and O–H groups in total. The summed E-state index contributed by atoms with van der Waals surface area (Å²) in [7, 11) is 1.29. The molecule has 4 amide bonds. The van der Waals surface area contributed by atoms with Crippen molar-refractivity contribution in [3.63, 3.8) is 0 Å². The van der Waals surface area contributed by atoms with Gasteiger partial charge in [-0.3, -0.25) is 14.4 Å². The molecule has 11 rings (SSSR count). The lowest BCUT2D eigenvalue weighted by Gasteiger charge is -2.34. The average molecular weight is 901 g/mol. The van der Waals surface area contributed by atoms with Crippen LogP contribution in [0.4, 0.5) is 4.79 Å². The van der Waals surface area contributed by atoms with E-state index in [0.29, 0.717) is 37.7 Å². The zero-order valence-corrected chi connectivity index (χ0v) is 37.8. The van der Waals surface area contributed by atoms with Crippen molar-refractivity contribution in [1.29, 1.82) is 0 Å². The van der Waals surface area contributed by atoms with Crippen molar-refractivity contribution >= 4 is 34.6 Å². The van der Waals surface area contributed by atoms with E-state index in [-0.39, 0.29) is 41.6 Å². The number of hydrogen-bond donors (Lipinski definition) is 4. The molecule has 3 aliphatic heterocycles. The molecule has 2 aliphatic carbocycles. The van der Waals surface area contributed by atoms with Crippen LogP contribution in [0, 0.1) is 11.8 Å². The molecule has 14 heteroatoms. The number of imidazole rings is 2. The van der Waals surface area contributed by atoms with Crippen LogP contribution in [-0.4, -0.2) is 93.0 Å². The minimum atomic E-state index is -0.879. The Kier molecular flexibility index (Phi) is 11.6. The van der Waals surface area contributed by atoms with Gasteiger partial charge >= 0.3 is 6.09 Å². The highest BCUT2D eigenvalue weighted by molar-refractivity contribution is 5.92. The number of H-pyrrole nitrogens is 2. The lowest BCUT2D eigenvalue weighted by Crippen LogP contribution is -2.53. The predicted octanol–water partition coefficient (Wildman–Crippen LogP) is 8.13. The number of alkyl carbamates (subject to hydrolysis) is 1. The van der Waals surface area contributed by atoms with Gasteiger partial charge in [-0.15, -0.1) is 0 Å². The second kappa shape index (κ2) is 18.1. The molecule has 14 nitrogen and oxygen atoms in total. The number of benzene rings is 4. The highest BCUT2D eigenvalue weighted by atomic mass is 16.5. The molecule has 4 atom stereocenters. The summed E-state index contributed by atoms with van der Waals surface area (Å²) in [5.74, 6) is 1.48. The number of aryl methyl sites for hydroxylation is 2. The SMILES string of the molecule is COC(=O)N[C@@H](C(=O)N1CCC[C@H]1c1ncc(-c2ccc3cc(-c4ccc5c(c4)CCc4[nH]c([C@@H]6CCCN6C(=O)[C@@H](NC(=O)C6CC6)C6CCOCC6)nc4-5)ccc3c2)[nH]1)c1ccccc1. The molecule has 0 bridgehead atoms. The largest absolute Gasteiger partial charge is 0.453 e. The van der Waals surface area contributed by atoms with Gasteiger partial charge in [0.1, 0.15) is 23.7 Å². The van der Waals surface area contributed by atoms with Crippen molar-refractivity contribution in [2.24, 2.45) is 11.8 Å². The smallest absolute Gasteiger partial charge is 0.407 e. The number of likely N-dealkylation sites (tertiary alicyclic amines) is 2. The summed E-state index contributed by atoms with van der Waals surface area (Å²) in [6.07, 6.45) is 9.55. The summed E-state index contributed by atoms with van der Waals surface area (Å²) in [6, 6.07) is 27.1. The molecule has 4 fully saturated rings. The van der Waals surface area contributed by atoms with E-state index in [2.05, 4.69) is 75.2 Å². The summed E-state index contributed by atoms with van der Waals surface area (Å²) < 4.78 is 10.5. The van der Waals surface area contributed by atoms with E-state index in [0.717, 1.165) is 120 Å². The standard InChI is InChI=1S/C53H56N8O6/c1-66-53(65)59-46(31-7-3-2-4-8-31)52(64)60-23-5-9-43(60)48-54-30-42(56-48)39-16-15-35-27-34(13-14-36(35)29-39)37-17-19-40-38(28-37)18-20-41-47(40)57-49(55-41)44-10-6-24-61(44)51(63)45(32-21-25-67-26-22-32)58-50(62)33-11-12-33/h2-4,7-8,13-17,19,27-30,32-33,43-46H,5-6,9-12,18,20-26H2,1H3,(H,54,56)(H,55,57)(H,58,62)(H,59,65)/t43-,44-,45-,46+/m0/s1. The molecule has 0 unspecified atom stereocenters. The molecular weight excluding hydrogens is 845 g/mol. The molecule has 5 aliphatic rings. The average Bonchev–Trinajstić information content (AvgIpc) is 3.78. The topological polar surface area (TPSA) is 175 Å². The number of nitrogens with zero attached hydrogens (tertiary/aromatic N) is 4. The number of hydrogen-bond acceptors (Lipinski definition) is 8. The summed E-state index contributed by atoms with van der Waals surface area (Å²) in [6.45, 7) is 2.45. The van der Waals surface area contributed by atoms with Gasteiger partial charge in [0.25, 0.3) is 5.91 Å². The Balaban J connectivity index is 0.788. The van der Waals surface area contributed by atoms with Gasteiger partial charge < -0.3 is 39.9 Å². The Labute approximate surface area is 389 Å². The van der Waals surface area contributed by atoms with Crippen LogP contribution in [-0.2, 0) is 36.7 Å². The van der Waals surface area contributed by atoms with Crippen LogP contribution in [0.15, 0.2) is 91.1 Å². The summed E-state index contributed by atoms with van der Waals surface area (Å²) in [5, 5.41) is 8.14. The summed E-state index contributed by atoms with van der Waals surface area (Å²) in [5.41, 5.74) is 9.30. The number of aromatic nitrogens is 4. The number of carbonyl (C=O) groups is 4. The molecule has 0 radical (unpaired) electrons. The van der Waals surface area contributed by atoms with Crippen LogP contribution in [0.1, 0.15) is 98.0 Å². The number of nitrogens with one attached hydrogen (secondary N) is 4. The van der Waals surface area contributed by atoms with Gasteiger partial charge in [0.05, 0.1) is 36.8 Å². The molecule has 5 heterocycles. The summed E-state index contributed by atoms with van der Waals surface area (Å²) in [4.78, 5) is 74.6. The van der Waals surface area contributed by atoms with Gasteiger partial charge in [-0.2, -0.15) is 0 Å². The number of fused-ring (bicyclic) bond motifs is 4. The second-order valence-corrected chi connectivity index (χ2v) is 18.8. The van der Waals surface area contributed by atoms with Crippen molar-refractivity contribution in [3.8, 4) is 33.6 Å².